The summed E-state index contributed by atoms with van der Waals surface area (Å²) in [7, 11) is -1.42. The highest BCUT2D eigenvalue weighted by Crippen LogP contribution is 2.19. The lowest BCUT2D eigenvalue weighted by Gasteiger charge is -2.37. The van der Waals surface area contributed by atoms with Crippen LogP contribution >= 0.6 is 0 Å². The molecular formula is C11H25N3O2S. The zero-order valence-corrected chi connectivity index (χ0v) is 12.3. The zero-order valence-electron chi connectivity index (χ0n) is 11.4. The van der Waals surface area contributed by atoms with Gasteiger partial charge in [0, 0.05) is 24.7 Å². The van der Waals surface area contributed by atoms with E-state index in [1.807, 2.05) is 27.8 Å². The van der Waals surface area contributed by atoms with E-state index in [9.17, 15) is 8.42 Å². The van der Waals surface area contributed by atoms with E-state index in [1.165, 1.54) is 0 Å². The number of hydrogen-bond donors (Lipinski definition) is 2. The van der Waals surface area contributed by atoms with Crippen molar-refractivity contribution < 1.29 is 8.42 Å². The maximum absolute atomic E-state index is 12.1. The van der Waals surface area contributed by atoms with Crippen LogP contribution in [0.5, 0.6) is 0 Å². The Labute approximate surface area is 105 Å². The van der Waals surface area contributed by atoms with Gasteiger partial charge < -0.3 is 5.32 Å². The Kier molecular flexibility index (Phi) is 4.57. The molecule has 0 aromatic rings. The Hall–Kier alpha value is -0.170. The van der Waals surface area contributed by atoms with Gasteiger partial charge in [0.15, 0.2) is 0 Å². The minimum atomic E-state index is -3.35. The highest BCUT2D eigenvalue weighted by Gasteiger charge is 2.33. The van der Waals surface area contributed by atoms with Crippen LogP contribution in [0, 0.1) is 5.92 Å². The fourth-order valence-corrected chi connectivity index (χ4v) is 3.89. The average molecular weight is 263 g/mol. The van der Waals surface area contributed by atoms with Crippen molar-refractivity contribution in [3.8, 4) is 0 Å². The van der Waals surface area contributed by atoms with Crippen molar-refractivity contribution >= 4 is 10.2 Å². The van der Waals surface area contributed by atoms with Gasteiger partial charge in [-0.1, -0.05) is 6.92 Å². The van der Waals surface area contributed by atoms with E-state index in [2.05, 4.69) is 17.0 Å². The molecule has 0 amide bonds. The summed E-state index contributed by atoms with van der Waals surface area (Å²) in [4.78, 5) is 0. The molecule has 1 aliphatic heterocycles. The second-order valence-corrected chi connectivity index (χ2v) is 7.55. The standard InChI is InChI=1S/C11H25N3O2S/c1-9-8-14(7-6-10(9)12-5)17(15,16)13-11(2,3)4/h9-10,12-13H,6-8H2,1-5H3. The summed E-state index contributed by atoms with van der Waals surface area (Å²) in [5.74, 6) is 0.338. The number of piperidine rings is 1. The lowest BCUT2D eigenvalue weighted by atomic mass is 9.96. The van der Waals surface area contributed by atoms with E-state index in [0.717, 1.165) is 6.42 Å². The van der Waals surface area contributed by atoms with E-state index in [4.69, 9.17) is 0 Å². The molecule has 1 saturated heterocycles. The van der Waals surface area contributed by atoms with Crippen LogP contribution in [0.15, 0.2) is 0 Å². The Bertz CT molecular complexity index is 348. The molecule has 0 aliphatic carbocycles. The molecule has 1 fully saturated rings. The molecule has 0 radical (unpaired) electrons. The van der Waals surface area contributed by atoms with Crippen molar-refractivity contribution in [1.82, 2.24) is 14.3 Å². The van der Waals surface area contributed by atoms with Crippen LogP contribution in [-0.2, 0) is 10.2 Å². The number of hydrogen-bond acceptors (Lipinski definition) is 3. The van der Waals surface area contributed by atoms with Gasteiger partial charge in [-0.05, 0) is 40.2 Å². The van der Waals surface area contributed by atoms with Crippen molar-refractivity contribution in [2.45, 2.75) is 45.7 Å². The summed E-state index contributed by atoms with van der Waals surface area (Å²) in [6.07, 6.45) is 0.864. The van der Waals surface area contributed by atoms with Crippen LogP contribution < -0.4 is 10.0 Å². The second-order valence-electron chi connectivity index (χ2n) is 5.88. The first kappa shape index (κ1) is 14.9. The third-order valence-corrected chi connectivity index (χ3v) is 4.90. The summed E-state index contributed by atoms with van der Waals surface area (Å²) < 4.78 is 28.5. The predicted molar refractivity (Wildman–Crippen MR) is 70.0 cm³/mol. The molecule has 1 rings (SSSR count). The zero-order chi connectivity index (χ0) is 13.3. The number of nitrogens with zero attached hydrogens (tertiary/aromatic N) is 1. The van der Waals surface area contributed by atoms with Crippen LogP contribution in [0.3, 0.4) is 0 Å². The Morgan fingerprint density at radius 1 is 1.29 bits per heavy atom. The number of rotatable bonds is 3. The minimum Gasteiger partial charge on any atom is -0.317 e. The third-order valence-electron chi connectivity index (χ3n) is 3.01. The normalized spacial score (nSPS) is 28.3. The van der Waals surface area contributed by atoms with E-state index >= 15 is 0 Å². The molecule has 6 heteroatoms. The topological polar surface area (TPSA) is 61.4 Å². The van der Waals surface area contributed by atoms with Crippen LogP contribution in [0.1, 0.15) is 34.1 Å². The molecule has 0 spiro atoms. The third kappa shape index (κ3) is 4.21. The summed E-state index contributed by atoms with van der Waals surface area (Å²) in [6.45, 7) is 8.81. The highest BCUT2D eigenvalue weighted by molar-refractivity contribution is 7.87. The van der Waals surface area contributed by atoms with Crippen LogP contribution in [0.4, 0.5) is 0 Å². The van der Waals surface area contributed by atoms with Crippen LogP contribution in [-0.4, -0.2) is 44.4 Å². The van der Waals surface area contributed by atoms with Gasteiger partial charge >= 0.3 is 0 Å². The molecule has 1 heterocycles. The lowest BCUT2D eigenvalue weighted by Crippen LogP contribution is -2.55. The molecule has 5 nitrogen and oxygen atoms in total. The van der Waals surface area contributed by atoms with Gasteiger partial charge in [-0.25, -0.2) is 0 Å². The van der Waals surface area contributed by atoms with Crippen LogP contribution in [0.2, 0.25) is 0 Å². The monoisotopic (exact) mass is 263 g/mol. The molecule has 2 N–H and O–H groups in total. The predicted octanol–water partition coefficient (Wildman–Crippen LogP) is 0.549. The van der Waals surface area contributed by atoms with Gasteiger partial charge in [0.05, 0.1) is 0 Å². The first-order chi connectivity index (χ1) is 7.65. The Morgan fingerprint density at radius 2 is 1.88 bits per heavy atom. The van der Waals surface area contributed by atoms with E-state index in [1.54, 1.807) is 4.31 Å². The molecule has 2 atom stereocenters. The van der Waals surface area contributed by atoms with Crippen molar-refractivity contribution in [2.75, 3.05) is 20.1 Å². The molecule has 0 aromatic carbocycles. The molecule has 0 aromatic heterocycles. The molecule has 0 saturated carbocycles. The number of nitrogens with one attached hydrogen (secondary N) is 2. The second kappa shape index (κ2) is 5.22. The molecule has 102 valence electrons. The van der Waals surface area contributed by atoms with Gasteiger partial charge in [0.1, 0.15) is 0 Å². The highest BCUT2D eigenvalue weighted by atomic mass is 32.2. The van der Waals surface area contributed by atoms with Crippen molar-refractivity contribution in [3.63, 3.8) is 0 Å². The SMILES string of the molecule is CNC1CCN(S(=O)(=O)NC(C)(C)C)CC1C. The maximum atomic E-state index is 12.1. The van der Waals surface area contributed by atoms with E-state index in [0.29, 0.717) is 25.0 Å². The molecule has 1 aliphatic rings. The fraction of sp³-hybridized carbons (Fsp3) is 1.00. The van der Waals surface area contributed by atoms with Gasteiger partial charge in [0.2, 0.25) is 0 Å². The Balaban J connectivity index is 2.69. The van der Waals surface area contributed by atoms with Crippen molar-refractivity contribution in [3.05, 3.63) is 0 Å². The Morgan fingerprint density at radius 3 is 2.29 bits per heavy atom. The summed E-state index contributed by atoms with van der Waals surface area (Å²) in [5, 5.41) is 3.23. The average Bonchev–Trinajstić information content (AvgIpc) is 2.13. The molecule has 0 bridgehead atoms. The van der Waals surface area contributed by atoms with Gasteiger partial charge in [-0.2, -0.15) is 17.4 Å². The molecular weight excluding hydrogens is 238 g/mol. The first-order valence-electron chi connectivity index (χ1n) is 6.12. The summed E-state index contributed by atoms with van der Waals surface area (Å²) >= 11 is 0. The molecule has 2 unspecified atom stereocenters. The minimum absolute atomic E-state index is 0.338. The van der Waals surface area contributed by atoms with Crippen molar-refractivity contribution in [1.29, 1.82) is 0 Å². The smallest absolute Gasteiger partial charge is 0.279 e. The van der Waals surface area contributed by atoms with E-state index < -0.39 is 15.7 Å². The van der Waals surface area contributed by atoms with E-state index in [-0.39, 0.29) is 0 Å². The van der Waals surface area contributed by atoms with Gasteiger partial charge in [-0.3, -0.25) is 0 Å². The molecule has 17 heavy (non-hydrogen) atoms. The summed E-state index contributed by atoms with van der Waals surface area (Å²) in [6, 6.07) is 0.413. The first-order valence-corrected chi connectivity index (χ1v) is 7.56. The summed E-state index contributed by atoms with van der Waals surface area (Å²) in [5.41, 5.74) is -0.429. The lowest BCUT2D eigenvalue weighted by molar-refractivity contribution is 0.224. The van der Waals surface area contributed by atoms with Crippen molar-refractivity contribution in [2.24, 2.45) is 5.92 Å². The van der Waals surface area contributed by atoms with Gasteiger partial charge in [-0.15, -0.1) is 0 Å². The van der Waals surface area contributed by atoms with Crippen LogP contribution in [0.25, 0.3) is 0 Å². The van der Waals surface area contributed by atoms with Gasteiger partial charge in [0.25, 0.3) is 10.2 Å². The maximum Gasteiger partial charge on any atom is 0.279 e. The quantitative estimate of drug-likeness (QED) is 0.781. The largest absolute Gasteiger partial charge is 0.317 e. The fourth-order valence-electron chi connectivity index (χ4n) is 2.21.